The van der Waals surface area contributed by atoms with E-state index >= 15 is 0 Å². The van der Waals surface area contributed by atoms with Crippen molar-refractivity contribution in [2.24, 2.45) is 0 Å². The van der Waals surface area contributed by atoms with Gasteiger partial charge in [-0.15, -0.1) is 0 Å². The van der Waals surface area contributed by atoms with E-state index in [2.05, 4.69) is 17.4 Å². The van der Waals surface area contributed by atoms with E-state index in [0.717, 1.165) is 0 Å². The lowest BCUT2D eigenvalue weighted by molar-refractivity contribution is -0.384. The fourth-order valence-corrected chi connectivity index (χ4v) is 2.79. The first kappa shape index (κ1) is 19.8. The van der Waals surface area contributed by atoms with Gasteiger partial charge in [0.25, 0.3) is 11.6 Å². The van der Waals surface area contributed by atoms with E-state index in [4.69, 9.17) is 39.5 Å². The number of rotatable bonds is 7. The molecule has 0 bridgehead atoms. The molecule has 10 heteroatoms. The maximum absolute atomic E-state index is 11.9. The minimum atomic E-state index is -0.543. The first-order valence-corrected chi connectivity index (χ1v) is 8.17. The van der Waals surface area contributed by atoms with Crippen LogP contribution in [0.15, 0.2) is 43.0 Å². The predicted octanol–water partition coefficient (Wildman–Crippen LogP) is 4.23. The van der Waals surface area contributed by atoms with Crippen LogP contribution in [-0.4, -0.2) is 17.4 Å². The SMILES string of the molecule is C=C(NNC(=O)COc1c(Cl)cc(Cl)cc1Cl)c1cccc([N+](=O)[O-])c1. The third-order valence-electron chi connectivity index (χ3n) is 3.07. The molecule has 2 rings (SSSR count). The van der Waals surface area contributed by atoms with Crippen molar-refractivity contribution in [3.8, 4) is 5.75 Å². The summed E-state index contributed by atoms with van der Waals surface area (Å²) in [5, 5.41) is 11.5. The molecular formula is C16H12Cl3N3O4. The zero-order chi connectivity index (χ0) is 19.3. The summed E-state index contributed by atoms with van der Waals surface area (Å²) in [5.74, 6) is -0.413. The third kappa shape index (κ3) is 5.26. The Balaban J connectivity index is 1.90. The Hall–Kier alpha value is -2.48. The molecule has 2 aromatic rings. The first-order valence-electron chi connectivity index (χ1n) is 7.04. The number of nitro benzene ring substituents is 1. The van der Waals surface area contributed by atoms with Crippen molar-refractivity contribution in [3.63, 3.8) is 0 Å². The van der Waals surface area contributed by atoms with Crippen LogP contribution in [0.25, 0.3) is 5.70 Å². The molecule has 0 radical (unpaired) electrons. The Morgan fingerprint density at radius 3 is 2.42 bits per heavy atom. The van der Waals surface area contributed by atoms with Gasteiger partial charge >= 0.3 is 0 Å². The lowest BCUT2D eigenvalue weighted by atomic mass is 10.1. The molecule has 136 valence electrons. The molecule has 0 aliphatic rings. The standard InChI is InChI=1S/C16H12Cl3N3O4/c1-9(10-3-2-4-12(5-10)22(24)25)20-21-15(23)8-26-16-13(18)6-11(17)7-14(16)19/h2-7,20H,1,8H2,(H,21,23). The molecule has 1 amide bonds. The number of ether oxygens (including phenoxy) is 1. The minimum absolute atomic E-state index is 0.0906. The van der Waals surface area contributed by atoms with E-state index in [1.54, 1.807) is 6.07 Å². The van der Waals surface area contributed by atoms with E-state index in [-0.39, 0.29) is 33.8 Å². The first-order chi connectivity index (χ1) is 12.3. The van der Waals surface area contributed by atoms with Gasteiger partial charge < -0.3 is 4.74 Å². The predicted molar refractivity (Wildman–Crippen MR) is 100 cm³/mol. The van der Waals surface area contributed by atoms with Gasteiger partial charge in [0.15, 0.2) is 12.4 Å². The van der Waals surface area contributed by atoms with E-state index in [1.807, 2.05) is 0 Å². The average Bonchev–Trinajstić information content (AvgIpc) is 2.58. The van der Waals surface area contributed by atoms with Crippen LogP contribution in [0.4, 0.5) is 5.69 Å². The molecule has 7 nitrogen and oxygen atoms in total. The maximum atomic E-state index is 11.9. The van der Waals surface area contributed by atoms with Crippen LogP contribution < -0.4 is 15.6 Å². The van der Waals surface area contributed by atoms with Gasteiger partial charge in [0.2, 0.25) is 0 Å². The van der Waals surface area contributed by atoms with Crippen molar-refractivity contribution in [1.29, 1.82) is 0 Å². The van der Waals surface area contributed by atoms with Gasteiger partial charge in [-0.2, -0.15) is 0 Å². The second-order valence-electron chi connectivity index (χ2n) is 4.95. The summed E-state index contributed by atoms with van der Waals surface area (Å²) in [4.78, 5) is 22.1. The molecule has 26 heavy (non-hydrogen) atoms. The average molecular weight is 417 g/mol. The number of hydrogen-bond acceptors (Lipinski definition) is 5. The summed E-state index contributed by atoms with van der Waals surface area (Å²) < 4.78 is 5.28. The molecule has 2 N–H and O–H groups in total. The summed E-state index contributed by atoms with van der Waals surface area (Å²) in [6.07, 6.45) is 0. The summed E-state index contributed by atoms with van der Waals surface area (Å²) in [7, 11) is 0. The Bertz CT molecular complexity index is 851. The van der Waals surface area contributed by atoms with Crippen LogP contribution in [0.5, 0.6) is 5.75 Å². The fraction of sp³-hybridized carbons (Fsp3) is 0.0625. The van der Waals surface area contributed by atoms with Gasteiger partial charge in [-0.3, -0.25) is 25.8 Å². The minimum Gasteiger partial charge on any atom is -0.481 e. The number of carbonyl (C=O) groups excluding carboxylic acids is 1. The van der Waals surface area contributed by atoms with Crippen molar-refractivity contribution in [2.75, 3.05) is 6.61 Å². The van der Waals surface area contributed by atoms with Crippen LogP contribution in [0.2, 0.25) is 15.1 Å². The van der Waals surface area contributed by atoms with Gasteiger partial charge in [-0.05, 0) is 12.1 Å². The lowest BCUT2D eigenvalue weighted by Crippen LogP contribution is -2.39. The number of hydrazine groups is 1. The van der Waals surface area contributed by atoms with Gasteiger partial charge in [-0.1, -0.05) is 53.5 Å². The number of amides is 1. The monoisotopic (exact) mass is 415 g/mol. The lowest BCUT2D eigenvalue weighted by Gasteiger charge is -2.13. The maximum Gasteiger partial charge on any atom is 0.276 e. The molecule has 0 aliphatic carbocycles. The van der Waals surface area contributed by atoms with E-state index < -0.39 is 10.8 Å². The molecule has 0 saturated carbocycles. The summed E-state index contributed by atoms with van der Waals surface area (Å²) >= 11 is 17.7. The second kappa shape index (κ2) is 8.75. The molecule has 0 spiro atoms. The number of nitro groups is 1. The topological polar surface area (TPSA) is 93.5 Å². The number of halogens is 3. The van der Waals surface area contributed by atoms with Crippen LogP contribution in [0.1, 0.15) is 5.56 Å². The number of nitrogens with zero attached hydrogens (tertiary/aromatic N) is 1. The molecule has 0 heterocycles. The van der Waals surface area contributed by atoms with E-state index in [9.17, 15) is 14.9 Å². The molecule has 0 atom stereocenters. The van der Waals surface area contributed by atoms with Crippen molar-refractivity contribution in [1.82, 2.24) is 10.9 Å². The normalized spacial score (nSPS) is 10.1. The van der Waals surface area contributed by atoms with Crippen LogP contribution >= 0.6 is 34.8 Å². The van der Waals surface area contributed by atoms with E-state index in [0.29, 0.717) is 10.6 Å². The molecule has 2 aromatic carbocycles. The summed E-state index contributed by atoms with van der Waals surface area (Å²) in [6.45, 7) is 3.33. The molecule has 0 saturated heterocycles. The van der Waals surface area contributed by atoms with E-state index in [1.165, 1.54) is 30.3 Å². The number of hydrogen-bond donors (Lipinski definition) is 2. The Morgan fingerprint density at radius 2 is 1.81 bits per heavy atom. The van der Waals surface area contributed by atoms with Crippen LogP contribution in [0.3, 0.4) is 0 Å². The largest absolute Gasteiger partial charge is 0.481 e. The Labute approximate surface area is 163 Å². The summed E-state index contributed by atoms with van der Waals surface area (Å²) in [6, 6.07) is 8.66. The van der Waals surface area contributed by atoms with Crippen molar-refractivity contribution in [2.45, 2.75) is 0 Å². The molecule has 0 fully saturated rings. The highest BCUT2D eigenvalue weighted by molar-refractivity contribution is 6.40. The quantitative estimate of drug-likeness (QED) is 0.520. The Kier molecular flexibility index (Phi) is 6.68. The molecule has 0 aliphatic heterocycles. The highest BCUT2D eigenvalue weighted by Crippen LogP contribution is 2.35. The number of nitrogens with one attached hydrogen (secondary N) is 2. The van der Waals surface area contributed by atoms with Gasteiger partial charge in [0.05, 0.1) is 20.7 Å². The molecular weight excluding hydrogens is 405 g/mol. The molecule has 0 aromatic heterocycles. The van der Waals surface area contributed by atoms with Gasteiger partial charge in [0.1, 0.15) is 0 Å². The van der Waals surface area contributed by atoms with Crippen molar-refractivity contribution in [3.05, 3.63) is 73.7 Å². The zero-order valence-electron chi connectivity index (χ0n) is 13.1. The smallest absolute Gasteiger partial charge is 0.276 e. The fourth-order valence-electron chi connectivity index (χ4n) is 1.87. The van der Waals surface area contributed by atoms with Gasteiger partial charge in [0, 0.05) is 22.7 Å². The van der Waals surface area contributed by atoms with Gasteiger partial charge in [-0.25, -0.2) is 0 Å². The van der Waals surface area contributed by atoms with Crippen molar-refractivity contribution < 1.29 is 14.5 Å². The highest BCUT2D eigenvalue weighted by Gasteiger charge is 2.12. The molecule has 0 unspecified atom stereocenters. The number of non-ortho nitro benzene ring substituents is 1. The van der Waals surface area contributed by atoms with Crippen LogP contribution in [0, 0.1) is 10.1 Å². The van der Waals surface area contributed by atoms with Crippen molar-refractivity contribution >= 4 is 52.1 Å². The third-order valence-corrected chi connectivity index (χ3v) is 3.85. The zero-order valence-corrected chi connectivity index (χ0v) is 15.4. The highest BCUT2D eigenvalue weighted by atomic mass is 35.5. The number of carbonyl (C=O) groups is 1. The second-order valence-corrected chi connectivity index (χ2v) is 6.20. The van der Waals surface area contributed by atoms with Crippen LogP contribution in [-0.2, 0) is 4.79 Å². The summed E-state index contributed by atoms with van der Waals surface area (Å²) in [5.41, 5.74) is 5.54. The Morgan fingerprint density at radius 1 is 1.15 bits per heavy atom. The number of benzene rings is 2.